The summed E-state index contributed by atoms with van der Waals surface area (Å²) in [6.07, 6.45) is 2.38. The maximum Gasteiger partial charge on any atom is 0.320 e. The largest absolute Gasteiger partial charge is 0.480 e. The van der Waals surface area contributed by atoms with Crippen molar-refractivity contribution < 1.29 is 14.7 Å². The maximum absolute atomic E-state index is 12.4. The molecule has 1 atom stereocenters. The number of carbonyl (C=O) groups is 2. The first kappa shape index (κ1) is 14.1. The Hall–Kier alpha value is -1.88. The molecular weight excluding hydrogens is 268 g/mol. The van der Waals surface area contributed by atoms with Crippen LogP contribution < -0.4 is 0 Å². The number of likely N-dealkylation sites (tertiary alicyclic amines) is 1. The van der Waals surface area contributed by atoms with E-state index in [1.54, 1.807) is 4.90 Å². The number of fused-ring (bicyclic) bond motifs is 1. The van der Waals surface area contributed by atoms with Crippen molar-refractivity contribution in [1.29, 1.82) is 0 Å². The van der Waals surface area contributed by atoms with Crippen LogP contribution in [0.25, 0.3) is 0 Å². The van der Waals surface area contributed by atoms with Crippen LogP contribution in [0.5, 0.6) is 0 Å². The van der Waals surface area contributed by atoms with Crippen LogP contribution in [0.3, 0.4) is 0 Å². The molecule has 5 nitrogen and oxygen atoms in total. The van der Waals surface area contributed by atoms with Crippen LogP contribution in [0.1, 0.15) is 24.0 Å². The molecule has 0 bridgehead atoms. The number of aliphatic carboxylic acids is 1. The van der Waals surface area contributed by atoms with Gasteiger partial charge in [0, 0.05) is 13.1 Å². The van der Waals surface area contributed by atoms with Gasteiger partial charge in [0.15, 0.2) is 0 Å². The highest BCUT2D eigenvalue weighted by Crippen LogP contribution is 2.21. The van der Waals surface area contributed by atoms with E-state index in [0.29, 0.717) is 19.5 Å². The molecule has 1 amide bonds. The summed E-state index contributed by atoms with van der Waals surface area (Å²) in [5.41, 5.74) is 2.51. The number of benzene rings is 1. The van der Waals surface area contributed by atoms with Crippen LogP contribution in [-0.2, 0) is 22.6 Å². The average Bonchev–Trinajstić information content (AvgIpc) is 2.95. The molecule has 1 fully saturated rings. The van der Waals surface area contributed by atoms with Crippen molar-refractivity contribution >= 4 is 11.9 Å². The summed E-state index contributed by atoms with van der Waals surface area (Å²) in [5.74, 6) is -0.776. The van der Waals surface area contributed by atoms with Crippen molar-refractivity contribution in [3.63, 3.8) is 0 Å². The van der Waals surface area contributed by atoms with Gasteiger partial charge in [-0.05, 0) is 36.9 Å². The SMILES string of the molecule is O=C(O)C1CCCN1CC(=O)N1CCc2ccccc2C1. The molecule has 21 heavy (non-hydrogen) atoms. The number of rotatable bonds is 3. The monoisotopic (exact) mass is 288 g/mol. The number of carboxylic acids is 1. The molecule has 0 saturated carbocycles. The van der Waals surface area contributed by atoms with E-state index in [-0.39, 0.29) is 12.5 Å². The molecule has 2 heterocycles. The minimum absolute atomic E-state index is 0.0395. The Bertz CT molecular complexity index is 558. The zero-order valence-electron chi connectivity index (χ0n) is 12.0. The van der Waals surface area contributed by atoms with Gasteiger partial charge in [-0.1, -0.05) is 24.3 Å². The van der Waals surface area contributed by atoms with Crippen molar-refractivity contribution in [3.05, 3.63) is 35.4 Å². The molecule has 0 spiro atoms. The van der Waals surface area contributed by atoms with Crippen molar-refractivity contribution in [2.75, 3.05) is 19.6 Å². The fourth-order valence-electron chi connectivity index (χ4n) is 3.28. The molecule has 2 aliphatic heterocycles. The molecule has 2 aliphatic rings. The third kappa shape index (κ3) is 2.93. The molecule has 3 rings (SSSR count). The molecule has 112 valence electrons. The third-order valence-electron chi connectivity index (χ3n) is 4.47. The van der Waals surface area contributed by atoms with E-state index in [9.17, 15) is 14.7 Å². The van der Waals surface area contributed by atoms with E-state index in [4.69, 9.17) is 0 Å². The highest BCUT2D eigenvalue weighted by Gasteiger charge is 2.33. The van der Waals surface area contributed by atoms with Crippen LogP contribution in [0.15, 0.2) is 24.3 Å². The summed E-state index contributed by atoms with van der Waals surface area (Å²) < 4.78 is 0. The first-order valence-corrected chi connectivity index (χ1v) is 7.46. The fraction of sp³-hybridized carbons (Fsp3) is 0.500. The number of amides is 1. The molecule has 5 heteroatoms. The number of hydrogen-bond acceptors (Lipinski definition) is 3. The number of hydrogen-bond donors (Lipinski definition) is 1. The molecule has 0 aliphatic carbocycles. The van der Waals surface area contributed by atoms with Gasteiger partial charge in [-0.2, -0.15) is 0 Å². The first-order valence-electron chi connectivity index (χ1n) is 7.46. The van der Waals surface area contributed by atoms with Crippen LogP contribution >= 0.6 is 0 Å². The van der Waals surface area contributed by atoms with Gasteiger partial charge in [-0.25, -0.2) is 0 Å². The molecule has 1 unspecified atom stereocenters. The van der Waals surface area contributed by atoms with E-state index in [2.05, 4.69) is 12.1 Å². The second-order valence-corrected chi connectivity index (χ2v) is 5.80. The minimum Gasteiger partial charge on any atom is -0.480 e. The Kier molecular flexibility index (Phi) is 3.92. The molecule has 0 radical (unpaired) electrons. The number of carboxylic acid groups (broad SMARTS) is 1. The Labute approximate surface area is 124 Å². The van der Waals surface area contributed by atoms with E-state index in [1.165, 1.54) is 11.1 Å². The lowest BCUT2D eigenvalue weighted by Crippen LogP contribution is -2.45. The maximum atomic E-state index is 12.4. The van der Waals surface area contributed by atoms with E-state index >= 15 is 0 Å². The molecule has 1 aromatic carbocycles. The third-order valence-corrected chi connectivity index (χ3v) is 4.47. The second kappa shape index (κ2) is 5.85. The van der Waals surface area contributed by atoms with E-state index in [0.717, 1.165) is 19.4 Å². The first-order chi connectivity index (χ1) is 10.1. The summed E-state index contributed by atoms with van der Waals surface area (Å²) >= 11 is 0. The highest BCUT2D eigenvalue weighted by molar-refractivity contribution is 5.80. The second-order valence-electron chi connectivity index (χ2n) is 5.80. The minimum atomic E-state index is -0.815. The van der Waals surface area contributed by atoms with Gasteiger partial charge in [-0.3, -0.25) is 14.5 Å². The lowest BCUT2D eigenvalue weighted by Gasteiger charge is -2.31. The normalized spacial score (nSPS) is 22.1. The van der Waals surface area contributed by atoms with Gasteiger partial charge in [0.25, 0.3) is 0 Å². The predicted octanol–water partition coefficient (Wildman–Crippen LogP) is 1.12. The van der Waals surface area contributed by atoms with Gasteiger partial charge in [-0.15, -0.1) is 0 Å². The van der Waals surface area contributed by atoms with E-state index < -0.39 is 12.0 Å². The van der Waals surface area contributed by atoms with Crippen LogP contribution in [-0.4, -0.2) is 52.5 Å². The Morgan fingerprint density at radius 3 is 2.71 bits per heavy atom. The Morgan fingerprint density at radius 2 is 1.95 bits per heavy atom. The lowest BCUT2D eigenvalue weighted by atomic mass is 10.00. The summed E-state index contributed by atoms with van der Waals surface area (Å²) in [5, 5.41) is 9.17. The summed E-state index contributed by atoms with van der Waals surface area (Å²) in [6.45, 7) is 2.29. The predicted molar refractivity (Wildman–Crippen MR) is 77.8 cm³/mol. The molecule has 1 N–H and O–H groups in total. The van der Waals surface area contributed by atoms with Crippen molar-refractivity contribution in [3.8, 4) is 0 Å². The molecule has 1 aromatic rings. The molecule has 1 saturated heterocycles. The van der Waals surface area contributed by atoms with Crippen LogP contribution in [0.2, 0.25) is 0 Å². The standard InChI is InChI=1S/C16H20N2O3/c19-15(11-17-8-3-6-14(17)16(20)21)18-9-7-12-4-1-2-5-13(12)10-18/h1-2,4-5,14H,3,6-11H2,(H,20,21). The smallest absolute Gasteiger partial charge is 0.320 e. The van der Waals surface area contributed by atoms with Crippen LogP contribution in [0, 0.1) is 0 Å². The van der Waals surface area contributed by atoms with E-state index in [1.807, 2.05) is 17.0 Å². The van der Waals surface area contributed by atoms with Crippen molar-refractivity contribution in [2.45, 2.75) is 31.8 Å². The average molecular weight is 288 g/mol. The van der Waals surface area contributed by atoms with Crippen molar-refractivity contribution in [2.24, 2.45) is 0 Å². The van der Waals surface area contributed by atoms with Gasteiger partial charge in [0.05, 0.1) is 6.54 Å². The summed E-state index contributed by atoms with van der Waals surface area (Å²) in [7, 11) is 0. The van der Waals surface area contributed by atoms with Gasteiger partial charge in [0.2, 0.25) is 5.91 Å². The lowest BCUT2D eigenvalue weighted by molar-refractivity contribution is -0.143. The zero-order valence-corrected chi connectivity index (χ0v) is 12.0. The summed E-state index contributed by atoms with van der Waals surface area (Å²) in [6, 6.07) is 7.69. The van der Waals surface area contributed by atoms with Gasteiger partial charge < -0.3 is 10.0 Å². The molecule has 0 aromatic heterocycles. The quantitative estimate of drug-likeness (QED) is 0.905. The van der Waals surface area contributed by atoms with Gasteiger partial charge >= 0.3 is 5.97 Å². The fourth-order valence-corrected chi connectivity index (χ4v) is 3.28. The van der Waals surface area contributed by atoms with Crippen molar-refractivity contribution in [1.82, 2.24) is 9.80 Å². The molecular formula is C16H20N2O3. The number of carbonyl (C=O) groups excluding carboxylic acids is 1. The highest BCUT2D eigenvalue weighted by atomic mass is 16.4. The topological polar surface area (TPSA) is 60.9 Å². The Balaban J connectivity index is 1.63. The number of nitrogens with zero attached hydrogens (tertiary/aromatic N) is 2. The van der Waals surface area contributed by atoms with Crippen LogP contribution in [0.4, 0.5) is 0 Å². The van der Waals surface area contributed by atoms with Gasteiger partial charge in [0.1, 0.15) is 6.04 Å². The Morgan fingerprint density at radius 1 is 1.19 bits per heavy atom. The summed E-state index contributed by atoms with van der Waals surface area (Å²) in [4.78, 5) is 27.2. The zero-order chi connectivity index (χ0) is 14.8.